The number of aliphatic carboxylic acids is 1. The lowest BCUT2D eigenvalue weighted by molar-refractivity contribution is -0.145. The molecule has 0 radical (unpaired) electrons. The number of carbonyl (C=O) groups excluding carboxylic acids is 10. The standard InChI is InChI=1S/C32H34N6O13/c39-22(3-1-19(37-28(45)9-10-29(37)46)16-35-24(41)5-6-25(35)42)33-14-13-21(51-18-32(49)50)15-34-23(40)4-2-20(38-30(47)11-12-31(38)48)17-36-26(43)7-8-27(36)44/h5-12,19-21H,1-4,13-18H2,(H,33,39)(H,34,40)(H,49,50). The monoisotopic (exact) mass is 710 g/mol. The van der Waals surface area contributed by atoms with Crippen LogP contribution in [0.5, 0.6) is 0 Å². The van der Waals surface area contributed by atoms with Gasteiger partial charge in [-0.25, -0.2) is 4.79 Å². The smallest absolute Gasteiger partial charge is 0.329 e. The molecule has 4 heterocycles. The molecule has 0 fully saturated rings. The average molecular weight is 711 g/mol. The van der Waals surface area contributed by atoms with Gasteiger partial charge in [-0.05, 0) is 19.3 Å². The molecular formula is C32H34N6O13. The lowest BCUT2D eigenvalue weighted by atomic mass is 10.1. The van der Waals surface area contributed by atoms with Crippen LogP contribution in [0.1, 0.15) is 32.1 Å². The van der Waals surface area contributed by atoms with E-state index in [0.29, 0.717) is 0 Å². The largest absolute Gasteiger partial charge is 0.480 e. The van der Waals surface area contributed by atoms with Crippen molar-refractivity contribution in [2.24, 2.45) is 0 Å². The molecule has 0 aromatic heterocycles. The zero-order valence-corrected chi connectivity index (χ0v) is 27.1. The molecule has 19 heteroatoms. The van der Waals surface area contributed by atoms with Crippen molar-refractivity contribution in [2.75, 3.05) is 32.8 Å². The van der Waals surface area contributed by atoms with Gasteiger partial charge >= 0.3 is 5.97 Å². The summed E-state index contributed by atoms with van der Waals surface area (Å²) in [5.74, 6) is -7.54. The predicted octanol–water partition coefficient (Wildman–Crippen LogP) is -2.92. The lowest BCUT2D eigenvalue weighted by Gasteiger charge is -2.29. The summed E-state index contributed by atoms with van der Waals surface area (Å²) >= 11 is 0. The molecule has 10 amide bonds. The van der Waals surface area contributed by atoms with Crippen LogP contribution in [-0.4, -0.2) is 141 Å². The van der Waals surface area contributed by atoms with E-state index in [1.165, 1.54) is 0 Å². The topological polar surface area (TPSA) is 254 Å². The molecule has 0 saturated heterocycles. The molecule has 4 aliphatic heterocycles. The summed E-state index contributed by atoms with van der Waals surface area (Å²) in [6.07, 6.45) is 6.83. The molecule has 0 spiro atoms. The highest BCUT2D eigenvalue weighted by molar-refractivity contribution is 6.15. The summed E-state index contributed by atoms with van der Waals surface area (Å²) in [4.78, 5) is 138. The van der Waals surface area contributed by atoms with Gasteiger partial charge < -0.3 is 20.5 Å². The second kappa shape index (κ2) is 17.0. The number of nitrogens with one attached hydrogen (secondary N) is 2. The number of imide groups is 4. The SMILES string of the molecule is O=C(O)COC(CCNC(=O)CCC(CN1C(=O)C=CC1=O)N1C(=O)C=CC1=O)CNC(=O)CCC(CN1C(=O)C=CC1=O)N1C(=O)C=CC1=O. The Balaban J connectivity index is 1.26. The van der Waals surface area contributed by atoms with E-state index in [-0.39, 0.29) is 58.3 Å². The van der Waals surface area contributed by atoms with Crippen molar-refractivity contribution < 1.29 is 62.6 Å². The van der Waals surface area contributed by atoms with Gasteiger partial charge in [0.15, 0.2) is 0 Å². The fourth-order valence-corrected chi connectivity index (χ4v) is 5.60. The third-order valence-electron chi connectivity index (χ3n) is 8.17. The maximum absolute atomic E-state index is 12.8. The first kappa shape index (κ1) is 37.7. The number of carboxylic acids is 1. The van der Waals surface area contributed by atoms with Crippen LogP contribution in [0.15, 0.2) is 48.6 Å². The number of nitrogens with zero attached hydrogens (tertiary/aromatic N) is 4. The number of hydrogen-bond donors (Lipinski definition) is 3. The summed E-state index contributed by atoms with van der Waals surface area (Å²) in [5.41, 5.74) is 0. The van der Waals surface area contributed by atoms with Gasteiger partial charge in [-0.1, -0.05) is 0 Å². The Kier molecular flexibility index (Phi) is 12.6. The number of carboxylic acid groups (broad SMARTS) is 1. The highest BCUT2D eigenvalue weighted by Gasteiger charge is 2.37. The van der Waals surface area contributed by atoms with Crippen LogP contribution < -0.4 is 10.6 Å². The fraction of sp³-hybridized carbons (Fsp3) is 0.406. The molecule has 4 rings (SSSR count). The lowest BCUT2D eigenvalue weighted by Crippen LogP contribution is -2.49. The number of rotatable bonds is 20. The third-order valence-corrected chi connectivity index (χ3v) is 8.17. The molecule has 0 aliphatic carbocycles. The first-order chi connectivity index (χ1) is 24.2. The first-order valence-corrected chi connectivity index (χ1v) is 15.8. The van der Waals surface area contributed by atoms with Gasteiger partial charge in [0, 0.05) is 74.5 Å². The Bertz CT molecular complexity index is 1590. The van der Waals surface area contributed by atoms with Crippen molar-refractivity contribution in [1.29, 1.82) is 0 Å². The van der Waals surface area contributed by atoms with Gasteiger partial charge in [-0.15, -0.1) is 0 Å². The predicted molar refractivity (Wildman–Crippen MR) is 168 cm³/mol. The van der Waals surface area contributed by atoms with Crippen LogP contribution in [0.25, 0.3) is 0 Å². The van der Waals surface area contributed by atoms with E-state index >= 15 is 0 Å². The maximum atomic E-state index is 12.8. The van der Waals surface area contributed by atoms with Crippen LogP contribution in [0.3, 0.4) is 0 Å². The van der Waals surface area contributed by atoms with Crippen molar-refractivity contribution in [3.8, 4) is 0 Å². The normalized spacial score (nSPS) is 18.6. The van der Waals surface area contributed by atoms with Crippen LogP contribution in [0.2, 0.25) is 0 Å². The maximum Gasteiger partial charge on any atom is 0.329 e. The molecule has 0 bridgehead atoms. The quantitative estimate of drug-likeness (QED) is 0.107. The highest BCUT2D eigenvalue weighted by Crippen LogP contribution is 2.19. The third kappa shape index (κ3) is 9.97. The Morgan fingerprint density at radius 1 is 0.569 bits per heavy atom. The molecule has 19 nitrogen and oxygen atoms in total. The summed E-state index contributed by atoms with van der Waals surface area (Å²) < 4.78 is 5.34. The number of carbonyl (C=O) groups is 11. The van der Waals surface area contributed by atoms with Crippen molar-refractivity contribution in [2.45, 2.75) is 50.3 Å². The molecule has 0 aromatic carbocycles. The van der Waals surface area contributed by atoms with Gasteiger partial charge in [0.05, 0.1) is 31.3 Å². The fourth-order valence-electron chi connectivity index (χ4n) is 5.60. The van der Waals surface area contributed by atoms with E-state index in [1.54, 1.807) is 0 Å². The molecule has 0 aromatic rings. The van der Waals surface area contributed by atoms with E-state index in [2.05, 4.69) is 10.6 Å². The van der Waals surface area contributed by atoms with Gasteiger partial charge in [0.1, 0.15) is 6.61 Å². The van der Waals surface area contributed by atoms with E-state index in [4.69, 9.17) is 9.84 Å². The molecule has 3 unspecified atom stereocenters. The molecular weight excluding hydrogens is 676 g/mol. The molecule has 0 saturated carbocycles. The van der Waals surface area contributed by atoms with Gasteiger partial charge in [0.25, 0.3) is 47.3 Å². The van der Waals surface area contributed by atoms with Gasteiger partial charge in [-0.2, -0.15) is 0 Å². The zero-order chi connectivity index (χ0) is 37.2. The second-order valence-corrected chi connectivity index (χ2v) is 11.7. The zero-order valence-electron chi connectivity index (χ0n) is 27.1. The van der Waals surface area contributed by atoms with Crippen LogP contribution in [0.4, 0.5) is 0 Å². The van der Waals surface area contributed by atoms with Crippen molar-refractivity contribution >= 4 is 65.0 Å². The minimum atomic E-state index is -1.29. The average Bonchev–Trinajstić information content (AvgIpc) is 3.80. The highest BCUT2D eigenvalue weighted by atomic mass is 16.5. The van der Waals surface area contributed by atoms with Crippen molar-refractivity contribution in [3.05, 3.63) is 48.6 Å². The first-order valence-electron chi connectivity index (χ1n) is 15.8. The van der Waals surface area contributed by atoms with Crippen LogP contribution in [-0.2, 0) is 57.5 Å². The van der Waals surface area contributed by atoms with Crippen molar-refractivity contribution in [3.63, 3.8) is 0 Å². The van der Waals surface area contributed by atoms with Crippen LogP contribution >= 0.6 is 0 Å². The van der Waals surface area contributed by atoms with E-state index in [1.807, 2.05) is 0 Å². The van der Waals surface area contributed by atoms with Gasteiger partial charge in [-0.3, -0.25) is 67.5 Å². The number of hydrogen-bond acceptors (Lipinski definition) is 12. The summed E-state index contributed by atoms with van der Waals surface area (Å²) in [7, 11) is 0. The van der Waals surface area contributed by atoms with E-state index in [9.17, 15) is 52.7 Å². The Labute approximate surface area is 289 Å². The summed E-state index contributed by atoms with van der Waals surface area (Å²) in [6, 6.07) is -1.98. The summed E-state index contributed by atoms with van der Waals surface area (Å²) in [6.45, 7) is -1.58. The number of amides is 10. The number of ether oxygens (including phenoxy) is 1. The minimum absolute atomic E-state index is 0.0372. The summed E-state index contributed by atoms with van der Waals surface area (Å²) in [5, 5.41) is 14.3. The van der Waals surface area contributed by atoms with E-state index in [0.717, 1.165) is 68.2 Å². The molecule has 270 valence electrons. The Hall–Kier alpha value is -6.11. The second-order valence-electron chi connectivity index (χ2n) is 11.7. The molecule has 51 heavy (non-hydrogen) atoms. The molecule has 4 aliphatic rings. The molecule has 3 N–H and O–H groups in total. The Morgan fingerprint density at radius 3 is 1.33 bits per heavy atom. The van der Waals surface area contributed by atoms with Crippen molar-refractivity contribution in [1.82, 2.24) is 30.2 Å². The molecule has 3 atom stereocenters. The van der Waals surface area contributed by atoms with Gasteiger partial charge in [0.2, 0.25) is 11.8 Å². The Morgan fingerprint density at radius 2 is 0.941 bits per heavy atom. The minimum Gasteiger partial charge on any atom is -0.480 e. The van der Waals surface area contributed by atoms with Crippen LogP contribution in [0, 0.1) is 0 Å². The van der Waals surface area contributed by atoms with E-state index < -0.39 is 89.8 Å².